The van der Waals surface area contributed by atoms with E-state index in [9.17, 15) is 9.59 Å². The maximum Gasteiger partial charge on any atom is 0.172 e. The summed E-state index contributed by atoms with van der Waals surface area (Å²) in [5, 5.41) is 0. The SMILES string of the molecule is O=C1c2c(I)cccc2C(=O)C2C(I)=CC=CC12. The Morgan fingerprint density at radius 3 is 2.61 bits per heavy atom. The summed E-state index contributed by atoms with van der Waals surface area (Å²) in [4.78, 5) is 25.0. The molecule has 0 saturated heterocycles. The first-order chi connectivity index (χ1) is 8.61. The van der Waals surface area contributed by atoms with Crippen LogP contribution in [-0.2, 0) is 0 Å². The van der Waals surface area contributed by atoms with Gasteiger partial charge in [-0.15, -0.1) is 0 Å². The van der Waals surface area contributed by atoms with Gasteiger partial charge in [-0.3, -0.25) is 9.59 Å². The Kier molecular flexibility index (Phi) is 3.17. The molecule has 3 rings (SSSR count). The number of hydrogen-bond donors (Lipinski definition) is 0. The van der Waals surface area contributed by atoms with Crippen LogP contribution in [0, 0.1) is 15.4 Å². The third kappa shape index (κ3) is 1.72. The van der Waals surface area contributed by atoms with Gasteiger partial charge >= 0.3 is 0 Å². The average molecular weight is 462 g/mol. The lowest BCUT2D eigenvalue weighted by molar-refractivity contribution is 0.0799. The maximum atomic E-state index is 12.5. The minimum absolute atomic E-state index is 0.0677. The fourth-order valence-corrected chi connectivity index (χ4v) is 4.14. The summed E-state index contributed by atoms with van der Waals surface area (Å²) in [7, 11) is 0. The summed E-state index contributed by atoms with van der Waals surface area (Å²) < 4.78 is 1.81. The zero-order chi connectivity index (χ0) is 12.9. The Morgan fingerprint density at radius 2 is 1.83 bits per heavy atom. The Morgan fingerprint density at radius 1 is 1.06 bits per heavy atom. The predicted molar refractivity (Wildman–Crippen MR) is 86.0 cm³/mol. The molecule has 90 valence electrons. The highest BCUT2D eigenvalue weighted by atomic mass is 127. The molecule has 0 N–H and O–H groups in total. The van der Waals surface area contributed by atoms with Gasteiger partial charge in [0, 0.05) is 18.3 Å². The van der Waals surface area contributed by atoms with Crippen molar-refractivity contribution < 1.29 is 9.59 Å². The lowest BCUT2D eigenvalue weighted by atomic mass is 9.72. The largest absolute Gasteiger partial charge is 0.293 e. The first-order valence-corrected chi connectivity index (χ1v) is 7.68. The third-order valence-corrected chi connectivity index (χ3v) is 5.27. The van der Waals surface area contributed by atoms with Gasteiger partial charge in [0.05, 0.1) is 11.8 Å². The van der Waals surface area contributed by atoms with Crippen LogP contribution < -0.4 is 0 Å². The number of fused-ring (bicyclic) bond motifs is 2. The lowest BCUT2D eigenvalue weighted by Gasteiger charge is -2.31. The first-order valence-electron chi connectivity index (χ1n) is 5.52. The first kappa shape index (κ1) is 12.5. The van der Waals surface area contributed by atoms with E-state index in [1.54, 1.807) is 6.07 Å². The molecule has 2 aliphatic carbocycles. The van der Waals surface area contributed by atoms with Gasteiger partial charge in [0.15, 0.2) is 11.6 Å². The summed E-state index contributed by atoms with van der Waals surface area (Å²) in [6, 6.07) is 5.47. The van der Waals surface area contributed by atoms with Crippen molar-refractivity contribution in [3.8, 4) is 0 Å². The number of benzene rings is 1. The van der Waals surface area contributed by atoms with E-state index in [1.165, 1.54) is 0 Å². The number of rotatable bonds is 0. The van der Waals surface area contributed by atoms with Crippen LogP contribution >= 0.6 is 45.2 Å². The molecule has 0 amide bonds. The van der Waals surface area contributed by atoms with Crippen LogP contribution in [0.4, 0.5) is 0 Å². The fourth-order valence-electron chi connectivity index (χ4n) is 2.49. The van der Waals surface area contributed by atoms with Gasteiger partial charge < -0.3 is 0 Å². The summed E-state index contributed by atoms with van der Waals surface area (Å²) in [5.74, 6) is -0.497. The van der Waals surface area contributed by atoms with Gasteiger partial charge in [0.1, 0.15) is 0 Å². The molecule has 1 aromatic rings. The van der Waals surface area contributed by atoms with E-state index >= 15 is 0 Å². The van der Waals surface area contributed by atoms with Gasteiger partial charge in [-0.25, -0.2) is 0 Å². The minimum Gasteiger partial charge on any atom is -0.293 e. The number of halogens is 2. The van der Waals surface area contributed by atoms with Crippen molar-refractivity contribution >= 4 is 56.7 Å². The second-order valence-electron chi connectivity index (χ2n) is 4.33. The Hall–Kier alpha value is -0.500. The zero-order valence-electron chi connectivity index (χ0n) is 9.19. The highest BCUT2D eigenvalue weighted by Gasteiger charge is 2.42. The van der Waals surface area contributed by atoms with Crippen LogP contribution in [-0.4, -0.2) is 11.6 Å². The van der Waals surface area contributed by atoms with E-state index in [-0.39, 0.29) is 23.4 Å². The van der Waals surface area contributed by atoms with Crippen molar-refractivity contribution in [2.45, 2.75) is 0 Å². The van der Waals surface area contributed by atoms with Gasteiger partial charge in [0.2, 0.25) is 0 Å². The van der Waals surface area contributed by atoms with E-state index in [1.807, 2.05) is 30.4 Å². The Bertz CT molecular complexity index is 629. The van der Waals surface area contributed by atoms with E-state index < -0.39 is 0 Å². The van der Waals surface area contributed by atoms with Gasteiger partial charge in [-0.05, 0) is 51.2 Å². The smallest absolute Gasteiger partial charge is 0.172 e. The fraction of sp³-hybridized carbons (Fsp3) is 0.143. The predicted octanol–water partition coefficient (Wildman–Crippen LogP) is 3.79. The number of hydrogen-bond acceptors (Lipinski definition) is 2. The van der Waals surface area contributed by atoms with E-state index in [4.69, 9.17) is 0 Å². The second kappa shape index (κ2) is 4.56. The molecule has 0 spiro atoms. The van der Waals surface area contributed by atoms with Crippen molar-refractivity contribution in [3.05, 3.63) is 54.7 Å². The lowest BCUT2D eigenvalue weighted by Crippen LogP contribution is -2.37. The Labute approximate surface area is 132 Å². The highest BCUT2D eigenvalue weighted by molar-refractivity contribution is 14.1. The molecule has 0 radical (unpaired) electrons. The molecule has 2 unspecified atom stereocenters. The maximum absolute atomic E-state index is 12.5. The molecule has 1 aromatic carbocycles. The normalized spacial score (nSPS) is 25.6. The van der Waals surface area contributed by atoms with Crippen molar-refractivity contribution in [2.24, 2.45) is 11.8 Å². The van der Waals surface area contributed by atoms with Crippen LogP contribution in [0.3, 0.4) is 0 Å². The number of allylic oxidation sites excluding steroid dienone is 4. The zero-order valence-corrected chi connectivity index (χ0v) is 13.5. The second-order valence-corrected chi connectivity index (χ2v) is 6.74. The summed E-state index contributed by atoms with van der Waals surface area (Å²) >= 11 is 4.28. The molecule has 4 heteroatoms. The highest BCUT2D eigenvalue weighted by Crippen LogP contribution is 2.41. The van der Waals surface area contributed by atoms with Crippen molar-refractivity contribution in [3.63, 3.8) is 0 Å². The molecule has 0 saturated carbocycles. The van der Waals surface area contributed by atoms with Crippen LogP contribution in [0.1, 0.15) is 20.7 Å². The summed E-state index contributed by atoms with van der Waals surface area (Å²) in [5.41, 5.74) is 1.17. The molecule has 2 atom stereocenters. The molecule has 2 nitrogen and oxygen atoms in total. The molecule has 0 aliphatic heterocycles. The van der Waals surface area contributed by atoms with E-state index in [0.717, 1.165) is 7.15 Å². The van der Waals surface area contributed by atoms with Crippen LogP contribution in [0.5, 0.6) is 0 Å². The van der Waals surface area contributed by atoms with Crippen molar-refractivity contribution in [1.82, 2.24) is 0 Å². The summed E-state index contributed by atoms with van der Waals surface area (Å²) in [6.07, 6.45) is 5.62. The number of carbonyl (C=O) groups is 2. The monoisotopic (exact) mass is 462 g/mol. The standard InChI is InChI=1S/C14H8I2O2/c15-9-5-1-3-7-11(9)14(18)8-4-2-6-10(16)12(8)13(7)17/h1-7,11H. The number of Topliss-reactive ketones (excluding diaryl/α,β-unsaturated/α-hetero) is 2. The van der Waals surface area contributed by atoms with Gasteiger partial charge in [-0.2, -0.15) is 0 Å². The molecule has 0 fully saturated rings. The Balaban J connectivity index is 2.25. The minimum atomic E-state index is -0.321. The molecule has 2 aliphatic rings. The van der Waals surface area contributed by atoms with Crippen LogP contribution in [0.15, 0.2) is 40.0 Å². The molecular weight excluding hydrogens is 454 g/mol. The van der Waals surface area contributed by atoms with E-state index in [2.05, 4.69) is 45.2 Å². The average Bonchev–Trinajstić information content (AvgIpc) is 2.35. The topological polar surface area (TPSA) is 34.1 Å². The van der Waals surface area contributed by atoms with Crippen molar-refractivity contribution in [2.75, 3.05) is 0 Å². The van der Waals surface area contributed by atoms with Gasteiger partial charge in [-0.1, -0.05) is 30.4 Å². The molecule has 18 heavy (non-hydrogen) atoms. The molecule has 0 aromatic heterocycles. The number of carbonyl (C=O) groups excluding carboxylic acids is 2. The van der Waals surface area contributed by atoms with Gasteiger partial charge in [0.25, 0.3) is 0 Å². The van der Waals surface area contributed by atoms with Crippen molar-refractivity contribution in [1.29, 1.82) is 0 Å². The third-order valence-electron chi connectivity index (χ3n) is 3.34. The molecular formula is C14H8I2O2. The van der Waals surface area contributed by atoms with Crippen LogP contribution in [0.25, 0.3) is 0 Å². The summed E-state index contributed by atoms with van der Waals surface area (Å²) in [6.45, 7) is 0. The molecule has 0 bridgehead atoms. The molecule has 0 heterocycles. The number of ketones is 2. The quantitative estimate of drug-likeness (QED) is 0.551. The van der Waals surface area contributed by atoms with Crippen LogP contribution in [0.2, 0.25) is 0 Å². The van der Waals surface area contributed by atoms with E-state index in [0.29, 0.717) is 11.1 Å².